The third kappa shape index (κ3) is 2.73. The second kappa shape index (κ2) is 5.42. The molecule has 2 rings (SSSR count). The maximum absolute atomic E-state index is 5.89. The van der Waals surface area contributed by atoms with Gasteiger partial charge < -0.3 is 4.74 Å². The Balaban J connectivity index is 2.28. The highest BCUT2D eigenvalue weighted by Gasteiger charge is 2.16. The molecule has 2 heterocycles. The monoisotopic (exact) mass is 270 g/mol. The quantitative estimate of drug-likeness (QED) is 0.654. The highest BCUT2D eigenvalue weighted by Crippen LogP contribution is 2.29. The summed E-state index contributed by atoms with van der Waals surface area (Å²) in [6.07, 6.45) is 0. The lowest BCUT2D eigenvalue weighted by molar-refractivity contribution is 0.390. The summed E-state index contributed by atoms with van der Waals surface area (Å²) in [5.74, 6) is 6.00. The molecule has 0 amide bonds. The van der Waals surface area contributed by atoms with Gasteiger partial charge in [-0.15, -0.1) is 21.5 Å². The molecule has 0 aliphatic rings. The Labute approximate surface area is 108 Å². The first kappa shape index (κ1) is 12.3. The zero-order valence-corrected chi connectivity index (χ0v) is 10.6. The molecular formula is C10H11ClN4OS. The van der Waals surface area contributed by atoms with E-state index in [-0.39, 0.29) is 6.04 Å². The number of rotatable bonds is 4. The van der Waals surface area contributed by atoms with Gasteiger partial charge in [0.1, 0.15) is 0 Å². The average Bonchev–Trinajstić information content (AvgIpc) is 2.78. The van der Waals surface area contributed by atoms with Crippen LogP contribution in [0.15, 0.2) is 24.3 Å². The van der Waals surface area contributed by atoms with Gasteiger partial charge in [-0.05, 0) is 18.2 Å². The van der Waals surface area contributed by atoms with Gasteiger partial charge in [0.2, 0.25) is 5.88 Å². The van der Waals surface area contributed by atoms with E-state index in [0.717, 1.165) is 4.88 Å². The highest BCUT2D eigenvalue weighted by molar-refractivity contribution is 7.16. The van der Waals surface area contributed by atoms with Crippen LogP contribution >= 0.6 is 22.9 Å². The minimum atomic E-state index is -0.217. The van der Waals surface area contributed by atoms with Crippen LogP contribution in [0.5, 0.6) is 5.88 Å². The fraction of sp³-hybridized carbons (Fsp3) is 0.200. The van der Waals surface area contributed by atoms with Crippen LogP contribution in [0.25, 0.3) is 0 Å². The molecule has 0 spiro atoms. The third-order valence-electron chi connectivity index (χ3n) is 2.21. The van der Waals surface area contributed by atoms with Crippen molar-refractivity contribution in [2.24, 2.45) is 5.84 Å². The van der Waals surface area contributed by atoms with E-state index in [2.05, 4.69) is 15.6 Å². The molecule has 1 atom stereocenters. The van der Waals surface area contributed by atoms with Gasteiger partial charge in [0.15, 0.2) is 0 Å². The number of hydrazine groups is 1. The van der Waals surface area contributed by atoms with Crippen molar-refractivity contribution >= 4 is 22.9 Å². The summed E-state index contributed by atoms with van der Waals surface area (Å²) in [5, 5.41) is 7.95. The predicted molar refractivity (Wildman–Crippen MR) is 67.1 cm³/mol. The van der Waals surface area contributed by atoms with E-state index in [4.69, 9.17) is 22.2 Å². The number of methoxy groups -OCH3 is 1. The fourth-order valence-electron chi connectivity index (χ4n) is 1.39. The average molecular weight is 271 g/mol. The lowest BCUT2D eigenvalue weighted by Crippen LogP contribution is -2.29. The van der Waals surface area contributed by atoms with Crippen LogP contribution in [0.2, 0.25) is 4.34 Å². The summed E-state index contributed by atoms with van der Waals surface area (Å²) in [6, 6.07) is 7.06. The third-order valence-corrected chi connectivity index (χ3v) is 3.51. The number of nitrogens with two attached hydrogens (primary N) is 1. The van der Waals surface area contributed by atoms with Gasteiger partial charge >= 0.3 is 0 Å². The lowest BCUT2D eigenvalue weighted by atomic mass is 10.2. The van der Waals surface area contributed by atoms with Gasteiger partial charge in [0.05, 0.1) is 23.2 Å². The van der Waals surface area contributed by atoms with E-state index in [1.54, 1.807) is 13.2 Å². The van der Waals surface area contributed by atoms with Crippen molar-refractivity contribution in [2.75, 3.05) is 7.11 Å². The van der Waals surface area contributed by atoms with E-state index in [1.165, 1.54) is 11.3 Å². The highest BCUT2D eigenvalue weighted by atomic mass is 35.5. The molecule has 0 radical (unpaired) electrons. The molecule has 0 saturated heterocycles. The standard InChI is InChI=1S/C10H11ClN4OS/c1-16-9-5-2-6(14-15-9)10(13-12)7-3-4-8(11)17-7/h2-5,10,13H,12H2,1H3. The summed E-state index contributed by atoms with van der Waals surface area (Å²) in [4.78, 5) is 0.983. The number of nitrogens with one attached hydrogen (secondary N) is 1. The molecule has 0 saturated carbocycles. The van der Waals surface area contributed by atoms with E-state index < -0.39 is 0 Å². The molecule has 2 aromatic rings. The first-order chi connectivity index (χ1) is 8.24. The Morgan fingerprint density at radius 2 is 2.18 bits per heavy atom. The number of halogens is 1. The molecule has 1 unspecified atom stereocenters. The van der Waals surface area contributed by atoms with Gasteiger partial charge in [0, 0.05) is 10.9 Å². The Morgan fingerprint density at radius 1 is 1.35 bits per heavy atom. The molecule has 2 aromatic heterocycles. The van der Waals surface area contributed by atoms with Crippen molar-refractivity contribution in [3.05, 3.63) is 39.2 Å². The number of nitrogens with zero attached hydrogens (tertiary/aromatic N) is 2. The predicted octanol–water partition coefficient (Wildman–Crippen LogP) is 1.75. The maximum Gasteiger partial charge on any atom is 0.233 e. The zero-order chi connectivity index (χ0) is 12.3. The molecule has 0 fully saturated rings. The normalized spacial score (nSPS) is 12.4. The number of hydrogen-bond acceptors (Lipinski definition) is 6. The molecule has 7 heteroatoms. The Hall–Kier alpha value is -1.21. The number of hydrogen-bond donors (Lipinski definition) is 2. The molecule has 0 aliphatic carbocycles. The number of ether oxygens (including phenoxy) is 1. The largest absolute Gasteiger partial charge is 0.480 e. The van der Waals surface area contributed by atoms with Crippen LogP contribution in [0.4, 0.5) is 0 Å². The van der Waals surface area contributed by atoms with Crippen molar-refractivity contribution in [3.63, 3.8) is 0 Å². The Kier molecular flexibility index (Phi) is 3.90. The van der Waals surface area contributed by atoms with E-state index in [1.807, 2.05) is 18.2 Å². The number of thiophene rings is 1. The van der Waals surface area contributed by atoms with E-state index >= 15 is 0 Å². The van der Waals surface area contributed by atoms with Gasteiger partial charge in [0.25, 0.3) is 0 Å². The summed E-state index contributed by atoms with van der Waals surface area (Å²) < 4.78 is 5.66. The van der Waals surface area contributed by atoms with Crippen LogP contribution in [0.3, 0.4) is 0 Å². The van der Waals surface area contributed by atoms with E-state index in [9.17, 15) is 0 Å². The van der Waals surface area contributed by atoms with Crippen molar-refractivity contribution in [1.82, 2.24) is 15.6 Å². The second-order valence-corrected chi connectivity index (χ2v) is 4.99. The van der Waals surface area contributed by atoms with Gasteiger partial charge in [-0.1, -0.05) is 11.6 Å². The smallest absolute Gasteiger partial charge is 0.233 e. The molecule has 90 valence electrons. The minimum Gasteiger partial charge on any atom is -0.480 e. The molecular weight excluding hydrogens is 260 g/mol. The maximum atomic E-state index is 5.89. The number of aromatic nitrogens is 2. The van der Waals surface area contributed by atoms with Crippen LogP contribution in [0.1, 0.15) is 16.6 Å². The molecule has 5 nitrogen and oxygen atoms in total. The van der Waals surface area contributed by atoms with Crippen LogP contribution in [-0.2, 0) is 0 Å². The molecule has 0 bridgehead atoms. The van der Waals surface area contributed by atoms with Gasteiger partial charge in [-0.25, -0.2) is 5.43 Å². The lowest BCUT2D eigenvalue weighted by Gasteiger charge is -2.12. The molecule has 17 heavy (non-hydrogen) atoms. The summed E-state index contributed by atoms with van der Waals surface area (Å²) in [5.41, 5.74) is 3.41. The summed E-state index contributed by atoms with van der Waals surface area (Å²) in [7, 11) is 1.54. The molecule has 3 N–H and O–H groups in total. The van der Waals surface area contributed by atoms with Gasteiger partial charge in [-0.2, -0.15) is 0 Å². The zero-order valence-electron chi connectivity index (χ0n) is 9.05. The summed E-state index contributed by atoms with van der Waals surface area (Å²) >= 11 is 7.34. The van der Waals surface area contributed by atoms with Crippen LogP contribution in [0, 0.1) is 0 Å². The molecule has 0 aromatic carbocycles. The topological polar surface area (TPSA) is 73.1 Å². The fourth-order valence-corrected chi connectivity index (χ4v) is 2.52. The van der Waals surface area contributed by atoms with Crippen LogP contribution < -0.4 is 16.0 Å². The van der Waals surface area contributed by atoms with Crippen molar-refractivity contribution in [2.45, 2.75) is 6.04 Å². The Morgan fingerprint density at radius 3 is 2.65 bits per heavy atom. The Bertz CT molecular complexity index is 487. The van der Waals surface area contributed by atoms with Crippen LogP contribution in [-0.4, -0.2) is 17.3 Å². The van der Waals surface area contributed by atoms with Crippen molar-refractivity contribution in [1.29, 1.82) is 0 Å². The summed E-state index contributed by atoms with van der Waals surface area (Å²) in [6.45, 7) is 0. The van der Waals surface area contributed by atoms with Crippen molar-refractivity contribution < 1.29 is 4.74 Å². The minimum absolute atomic E-state index is 0.217. The molecule has 0 aliphatic heterocycles. The SMILES string of the molecule is COc1ccc(C(NN)c2ccc(Cl)s2)nn1. The van der Waals surface area contributed by atoms with Crippen molar-refractivity contribution in [3.8, 4) is 5.88 Å². The van der Waals surface area contributed by atoms with E-state index in [0.29, 0.717) is 15.9 Å². The first-order valence-electron chi connectivity index (χ1n) is 4.83. The van der Waals surface area contributed by atoms with Gasteiger partial charge in [-0.3, -0.25) is 5.84 Å². The second-order valence-electron chi connectivity index (χ2n) is 3.24. The first-order valence-corrected chi connectivity index (χ1v) is 6.03.